The third-order valence-corrected chi connectivity index (χ3v) is 4.93. The predicted octanol–water partition coefficient (Wildman–Crippen LogP) is 4.42. The van der Waals surface area contributed by atoms with Crippen molar-refractivity contribution < 1.29 is 28.2 Å². The van der Waals surface area contributed by atoms with Crippen LogP contribution in [0.25, 0.3) is 22.1 Å². The summed E-state index contributed by atoms with van der Waals surface area (Å²) in [7, 11) is 1.58. The summed E-state index contributed by atoms with van der Waals surface area (Å²) >= 11 is 0. The molecule has 0 N–H and O–H groups in total. The Balaban J connectivity index is 1.42. The molecule has 7 nitrogen and oxygen atoms in total. The van der Waals surface area contributed by atoms with Crippen LogP contribution in [0.4, 0.5) is 0 Å². The van der Waals surface area contributed by atoms with Gasteiger partial charge in [-0.05, 0) is 54.1 Å². The first-order chi connectivity index (χ1) is 15.1. The van der Waals surface area contributed by atoms with Gasteiger partial charge in [-0.2, -0.15) is 0 Å². The average Bonchev–Trinajstić information content (AvgIpc) is 3.26. The van der Waals surface area contributed by atoms with E-state index in [0.29, 0.717) is 39.3 Å². The van der Waals surface area contributed by atoms with Crippen LogP contribution >= 0.6 is 0 Å². The summed E-state index contributed by atoms with van der Waals surface area (Å²) in [6, 6.07) is 18.6. The van der Waals surface area contributed by atoms with E-state index in [1.54, 1.807) is 67.8 Å². The molecule has 7 heteroatoms. The summed E-state index contributed by atoms with van der Waals surface area (Å²) in [5.74, 6) is 1.47. The molecule has 0 fully saturated rings. The van der Waals surface area contributed by atoms with Crippen molar-refractivity contribution in [2.45, 2.75) is 0 Å². The highest BCUT2D eigenvalue weighted by atomic mass is 16.7. The van der Waals surface area contributed by atoms with Gasteiger partial charge in [-0.3, -0.25) is 0 Å². The fourth-order valence-electron chi connectivity index (χ4n) is 3.32. The second kappa shape index (κ2) is 7.53. The number of esters is 1. The van der Waals surface area contributed by atoms with Crippen molar-refractivity contribution in [3.63, 3.8) is 0 Å². The number of carbonyl (C=O) groups is 1. The number of carbonyl (C=O) groups excluding carboxylic acids is 1. The molecule has 0 unspecified atom stereocenters. The lowest BCUT2D eigenvalue weighted by Crippen LogP contribution is -2.08. The topological polar surface area (TPSA) is 84.2 Å². The zero-order chi connectivity index (χ0) is 21.4. The van der Waals surface area contributed by atoms with Crippen LogP contribution in [0.1, 0.15) is 10.4 Å². The number of hydrogen-bond acceptors (Lipinski definition) is 7. The number of rotatable bonds is 4. The predicted molar refractivity (Wildman–Crippen MR) is 112 cm³/mol. The van der Waals surface area contributed by atoms with Crippen LogP contribution in [0, 0.1) is 0 Å². The second-order valence-corrected chi connectivity index (χ2v) is 6.83. The molecule has 1 aromatic heterocycles. The highest BCUT2D eigenvalue weighted by Gasteiger charge is 2.18. The highest BCUT2D eigenvalue weighted by Crippen LogP contribution is 2.33. The summed E-state index contributed by atoms with van der Waals surface area (Å²) in [6.07, 6.45) is 0. The molecule has 0 saturated carbocycles. The molecule has 154 valence electrons. The van der Waals surface area contributed by atoms with Crippen LogP contribution in [0.2, 0.25) is 0 Å². The van der Waals surface area contributed by atoms with Crippen molar-refractivity contribution in [3.05, 3.63) is 82.7 Å². The smallest absolute Gasteiger partial charge is 0.344 e. The van der Waals surface area contributed by atoms with Crippen LogP contribution in [0.15, 0.2) is 75.9 Å². The molecule has 31 heavy (non-hydrogen) atoms. The molecule has 3 aromatic carbocycles. The minimum absolute atomic E-state index is 0.121. The molecule has 0 aliphatic carbocycles. The lowest BCUT2D eigenvalue weighted by Gasteiger charge is -2.07. The number of methoxy groups -OCH3 is 1. The summed E-state index contributed by atoms with van der Waals surface area (Å²) in [6.45, 7) is 0.121. The molecular weight excluding hydrogens is 400 g/mol. The van der Waals surface area contributed by atoms with Gasteiger partial charge in [-0.1, -0.05) is 12.1 Å². The summed E-state index contributed by atoms with van der Waals surface area (Å²) in [5, 5.41) is 0.702. The van der Waals surface area contributed by atoms with Crippen molar-refractivity contribution in [2.75, 3.05) is 13.9 Å². The molecule has 0 spiro atoms. The van der Waals surface area contributed by atoms with Gasteiger partial charge in [0.25, 0.3) is 0 Å². The van der Waals surface area contributed by atoms with E-state index in [-0.39, 0.29) is 12.5 Å². The van der Waals surface area contributed by atoms with Gasteiger partial charge < -0.3 is 23.4 Å². The molecule has 0 bridgehead atoms. The van der Waals surface area contributed by atoms with E-state index in [9.17, 15) is 9.59 Å². The quantitative estimate of drug-likeness (QED) is 0.277. The molecule has 0 atom stereocenters. The van der Waals surface area contributed by atoms with Crippen molar-refractivity contribution in [1.82, 2.24) is 0 Å². The average molecular weight is 416 g/mol. The first-order valence-corrected chi connectivity index (χ1v) is 9.45. The van der Waals surface area contributed by atoms with Gasteiger partial charge in [-0.15, -0.1) is 0 Å². The zero-order valence-corrected chi connectivity index (χ0v) is 16.4. The molecule has 5 rings (SSSR count). The van der Waals surface area contributed by atoms with Crippen LogP contribution in [0.5, 0.6) is 23.0 Å². The van der Waals surface area contributed by atoms with E-state index in [0.717, 1.165) is 5.56 Å². The monoisotopic (exact) mass is 416 g/mol. The lowest BCUT2D eigenvalue weighted by molar-refractivity contribution is 0.0734. The Morgan fingerprint density at radius 3 is 2.45 bits per heavy atom. The van der Waals surface area contributed by atoms with Gasteiger partial charge in [0, 0.05) is 11.5 Å². The van der Waals surface area contributed by atoms with Crippen LogP contribution in [0.3, 0.4) is 0 Å². The van der Waals surface area contributed by atoms with Crippen LogP contribution in [-0.4, -0.2) is 19.9 Å². The van der Waals surface area contributed by atoms with Gasteiger partial charge >= 0.3 is 11.6 Å². The summed E-state index contributed by atoms with van der Waals surface area (Å²) in [4.78, 5) is 25.0. The first kappa shape index (κ1) is 18.7. The number of fused-ring (bicyclic) bond motifs is 2. The molecule has 0 saturated heterocycles. The summed E-state index contributed by atoms with van der Waals surface area (Å²) in [5.41, 5.74) is 1.30. The van der Waals surface area contributed by atoms with Gasteiger partial charge in [0.1, 0.15) is 17.1 Å². The van der Waals surface area contributed by atoms with Crippen LogP contribution < -0.4 is 24.6 Å². The Morgan fingerprint density at radius 2 is 1.65 bits per heavy atom. The standard InChI is InChI=1S/C24H16O7/c1-27-17-6-2-14(3-7-17)19-10-15-4-8-18(12-21(15)31-24(19)26)30-23(25)16-5-9-20-22(11-16)29-13-28-20/h2-12H,13H2,1H3. The Labute approximate surface area is 176 Å². The van der Waals surface area contributed by atoms with E-state index in [4.69, 9.17) is 23.4 Å². The largest absolute Gasteiger partial charge is 0.497 e. The number of hydrogen-bond donors (Lipinski definition) is 0. The minimum Gasteiger partial charge on any atom is -0.497 e. The molecule has 1 aliphatic rings. The van der Waals surface area contributed by atoms with E-state index in [2.05, 4.69) is 0 Å². The second-order valence-electron chi connectivity index (χ2n) is 6.83. The third-order valence-electron chi connectivity index (χ3n) is 4.93. The Bertz CT molecular complexity index is 1350. The Hall–Kier alpha value is -4.26. The van der Waals surface area contributed by atoms with Gasteiger partial charge in [0.15, 0.2) is 11.5 Å². The maximum Gasteiger partial charge on any atom is 0.344 e. The molecule has 2 heterocycles. The fourth-order valence-corrected chi connectivity index (χ4v) is 3.32. The molecule has 4 aromatic rings. The van der Waals surface area contributed by atoms with Crippen molar-refractivity contribution in [3.8, 4) is 34.1 Å². The molecule has 0 radical (unpaired) electrons. The maximum atomic E-state index is 12.5. The maximum absolute atomic E-state index is 12.5. The van der Waals surface area contributed by atoms with E-state index < -0.39 is 11.6 Å². The highest BCUT2D eigenvalue weighted by molar-refractivity contribution is 5.92. The lowest BCUT2D eigenvalue weighted by atomic mass is 10.1. The first-order valence-electron chi connectivity index (χ1n) is 9.45. The van der Waals surface area contributed by atoms with Crippen molar-refractivity contribution in [1.29, 1.82) is 0 Å². The van der Waals surface area contributed by atoms with Crippen LogP contribution in [-0.2, 0) is 0 Å². The Morgan fingerprint density at radius 1 is 0.871 bits per heavy atom. The minimum atomic E-state index is -0.560. The van der Waals surface area contributed by atoms with Gasteiger partial charge in [0.2, 0.25) is 6.79 Å². The zero-order valence-electron chi connectivity index (χ0n) is 16.4. The Kier molecular flexibility index (Phi) is 4.55. The normalized spacial score (nSPS) is 12.0. The third kappa shape index (κ3) is 3.57. The SMILES string of the molecule is COc1ccc(-c2cc3ccc(OC(=O)c4ccc5c(c4)OCO5)cc3oc2=O)cc1. The van der Waals surface area contributed by atoms with Gasteiger partial charge in [-0.25, -0.2) is 9.59 Å². The fraction of sp³-hybridized carbons (Fsp3) is 0.0833. The number of ether oxygens (including phenoxy) is 4. The van der Waals surface area contributed by atoms with E-state index in [1.807, 2.05) is 0 Å². The molecule has 1 aliphatic heterocycles. The molecule has 0 amide bonds. The molecular formula is C24H16O7. The van der Waals surface area contributed by atoms with Gasteiger partial charge in [0.05, 0.1) is 18.2 Å². The van der Waals surface area contributed by atoms with E-state index >= 15 is 0 Å². The summed E-state index contributed by atoms with van der Waals surface area (Å²) < 4.78 is 26.6. The van der Waals surface area contributed by atoms with Crippen molar-refractivity contribution in [2.24, 2.45) is 0 Å². The van der Waals surface area contributed by atoms with E-state index in [1.165, 1.54) is 6.07 Å². The van der Waals surface area contributed by atoms with Crippen molar-refractivity contribution >= 4 is 16.9 Å². The number of benzene rings is 3.